The molecule has 0 spiro atoms. The first-order valence-corrected chi connectivity index (χ1v) is 8.01. The quantitative estimate of drug-likeness (QED) is 0.626. The lowest BCUT2D eigenvalue weighted by Crippen LogP contribution is -2.30. The van der Waals surface area contributed by atoms with Gasteiger partial charge in [-0.05, 0) is 24.6 Å². The number of benzene rings is 1. The van der Waals surface area contributed by atoms with Gasteiger partial charge in [-0.3, -0.25) is 4.90 Å². The van der Waals surface area contributed by atoms with E-state index in [1.807, 2.05) is 30.4 Å². The predicted molar refractivity (Wildman–Crippen MR) is 94.3 cm³/mol. The summed E-state index contributed by atoms with van der Waals surface area (Å²) in [7, 11) is 0. The maximum Gasteiger partial charge on any atom is 0.0640 e. The molecule has 1 N–H and O–H groups in total. The Kier molecular flexibility index (Phi) is 8.70. The smallest absolute Gasteiger partial charge is 0.0640 e. The molecule has 1 atom stereocenters. The average Bonchev–Trinajstić information content (AvgIpc) is 2.47. The summed E-state index contributed by atoms with van der Waals surface area (Å²) in [5.41, 5.74) is 1.06. The molecule has 0 saturated heterocycles. The Balaban J connectivity index is 2.79. The van der Waals surface area contributed by atoms with E-state index >= 15 is 0 Å². The highest BCUT2D eigenvalue weighted by molar-refractivity contribution is 6.42. The zero-order chi connectivity index (χ0) is 15.7. The minimum atomic E-state index is 0.193. The molecule has 0 heterocycles. The number of nitrogens with one attached hydrogen (secondary N) is 1. The van der Waals surface area contributed by atoms with Crippen molar-refractivity contribution in [3.63, 3.8) is 0 Å². The lowest BCUT2D eigenvalue weighted by Gasteiger charge is -2.24. The molecule has 1 aromatic rings. The Hall–Kier alpha value is -0.800. The molecule has 21 heavy (non-hydrogen) atoms. The molecule has 0 saturated carbocycles. The van der Waals surface area contributed by atoms with Crippen molar-refractivity contribution in [1.29, 1.82) is 0 Å². The van der Waals surface area contributed by atoms with Crippen molar-refractivity contribution in [3.05, 3.63) is 59.1 Å². The van der Waals surface area contributed by atoms with E-state index in [1.54, 1.807) is 0 Å². The zero-order valence-corrected chi connectivity index (χ0v) is 14.1. The van der Waals surface area contributed by atoms with Crippen molar-refractivity contribution in [2.45, 2.75) is 19.4 Å². The number of hydrogen-bond donors (Lipinski definition) is 1. The van der Waals surface area contributed by atoms with Crippen molar-refractivity contribution in [2.75, 3.05) is 26.2 Å². The van der Waals surface area contributed by atoms with Gasteiger partial charge in [-0.1, -0.05) is 54.4 Å². The summed E-state index contributed by atoms with van der Waals surface area (Å²) in [6.45, 7) is 13.2. The molecule has 2 nitrogen and oxygen atoms in total. The van der Waals surface area contributed by atoms with E-state index in [4.69, 9.17) is 23.2 Å². The van der Waals surface area contributed by atoms with Crippen LogP contribution in [0.2, 0.25) is 10.0 Å². The van der Waals surface area contributed by atoms with Gasteiger partial charge in [0.25, 0.3) is 0 Å². The van der Waals surface area contributed by atoms with Crippen LogP contribution in [0.15, 0.2) is 43.5 Å². The van der Waals surface area contributed by atoms with E-state index in [1.165, 1.54) is 0 Å². The van der Waals surface area contributed by atoms with Gasteiger partial charge < -0.3 is 5.32 Å². The summed E-state index contributed by atoms with van der Waals surface area (Å²) < 4.78 is 0. The fourth-order valence-corrected chi connectivity index (χ4v) is 2.78. The van der Waals surface area contributed by atoms with Crippen LogP contribution in [-0.2, 0) is 0 Å². The standard InChI is InChI=1S/C17H24Cl2N2/c1-4-11-21(12-5-2)13-10-16(20-6-3)14-8-7-9-15(18)17(14)19/h4-5,7-9,16,20H,1-2,6,10-13H2,3H3. The summed E-state index contributed by atoms with van der Waals surface area (Å²) in [5.74, 6) is 0. The van der Waals surface area contributed by atoms with Crippen molar-refractivity contribution < 1.29 is 0 Å². The topological polar surface area (TPSA) is 15.3 Å². The molecule has 1 aromatic carbocycles. The van der Waals surface area contributed by atoms with E-state index in [0.717, 1.165) is 38.2 Å². The maximum absolute atomic E-state index is 6.34. The third-order valence-corrected chi connectivity index (χ3v) is 4.15. The highest BCUT2D eigenvalue weighted by Crippen LogP contribution is 2.31. The third-order valence-electron chi connectivity index (χ3n) is 3.32. The summed E-state index contributed by atoms with van der Waals surface area (Å²) >= 11 is 12.5. The minimum Gasteiger partial charge on any atom is -0.310 e. The van der Waals surface area contributed by atoms with Crippen LogP contribution in [0.3, 0.4) is 0 Å². The fourth-order valence-electron chi connectivity index (χ4n) is 2.34. The first-order valence-electron chi connectivity index (χ1n) is 7.25. The molecule has 0 aliphatic heterocycles. The van der Waals surface area contributed by atoms with Crippen LogP contribution in [0.25, 0.3) is 0 Å². The van der Waals surface area contributed by atoms with Gasteiger partial charge in [0.15, 0.2) is 0 Å². The Morgan fingerprint density at radius 2 is 1.90 bits per heavy atom. The van der Waals surface area contributed by atoms with E-state index in [-0.39, 0.29) is 6.04 Å². The Morgan fingerprint density at radius 3 is 2.48 bits per heavy atom. The third kappa shape index (κ3) is 5.84. The highest BCUT2D eigenvalue weighted by atomic mass is 35.5. The molecule has 0 aromatic heterocycles. The Bertz CT molecular complexity index is 450. The fraction of sp³-hybridized carbons (Fsp3) is 0.412. The van der Waals surface area contributed by atoms with Crippen molar-refractivity contribution in [2.24, 2.45) is 0 Å². The minimum absolute atomic E-state index is 0.193. The number of halogens is 2. The van der Waals surface area contributed by atoms with Gasteiger partial charge >= 0.3 is 0 Å². The molecule has 0 fully saturated rings. The van der Waals surface area contributed by atoms with Gasteiger partial charge in [-0.15, -0.1) is 13.2 Å². The first kappa shape index (κ1) is 18.2. The van der Waals surface area contributed by atoms with Gasteiger partial charge in [0, 0.05) is 25.7 Å². The van der Waals surface area contributed by atoms with Gasteiger partial charge in [0.1, 0.15) is 0 Å². The first-order chi connectivity index (χ1) is 10.1. The molecule has 0 bridgehead atoms. The van der Waals surface area contributed by atoms with Gasteiger partial charge in [-0.25, -0.2) is 0 Å². The molecule has 0 radical (unpaired) electrons. The van der Waals surface area contributed by atoms with Crippen LogP contribution in [0.5, 0.6) is 0 Å². The van der Waals surface area contributed by atoms with E-state index < -0.39 is 0 Å². The lowest BCUT2D eigenvalue weighted by atomic mass is 10.0. The van der Waals surface area contributed by atoms with E-state index in [2.05, 4.69) is 30.3 Å². The number of rotatable bonds is 10. The van der Waals surface area contributed by atoms with E-state index in [0.29, 0.717) is 10.0 Å². The molecule has 0 amide bonds. The molecule has 0 aliphatic carbocycles. The van der Waals surface area contributed by atoms with Crippen molar-refractivity contribution in [3.8, 4) is 0 Å². The SMILES string of the molecule is C=CCN(CC=C)CCC(NCC)c1cccc(Cl)c1Cl. The molecule has 4 heteroatoms. The van der Waals surface area contributed by atoms with E-state index in [9.17, 15) is 0 Å². The zero-order valence-electron chi connectivity index (χ0n) is 12.6. The lowest BCUT2D eigenvalue weighted by molar-refractivity contribution is 0.308. The normalized spacial score (nSPS) is 12.4. The summed E-state index contributed by atoms with van der Waals surface area (Å²) in [5, 5.41) is 4.73. The second-order valence-corrected chi connectivity index (χ2v) is 5.66. The summed E-state index contributed by atoms with van der Waals surface area (Å²) in [6.07, 6.45) is 4.78. The largest absolute Gasteiger partial charge is 0.310 e. The number of hydrogen-bond acceptors (Lipinski definition) is 2. The molecular formula is C17H24Cl2N2. The van der Waals surface area contributed by atoms with Gasteiger partial charge in [-0.2, -0.15) is 0 Å². The molecule has 1 unspecified atom stereocenters. The van der Waals surface area contributed by atoms with Crippen LogP contribution < -0.4 is 5.32 Å². The van der Waals surface area contributed by atoms with Crippen LogP contribution in [0.4, 0.5) is 0 Å². The summed E-state index contributed by atoms with van der Waals surface area (Å²) in [4.78, 5) is 2.29. The molecule has 116 valence electrons. The van der Waals surface area contributed by atoms with Gasteiger partial charge in [0.2, 0.25) is 0 Å². The highest BCUT2D eigenvalue weighted by Gasteiger charge is 2.16. The second-order valence-electron chi connectivity index (χ2n) is 4.88. The predicted octanol–water partition coefficient (Wildman–Crippen LogP) is 4.71. The van der Waals surface area contributed by atoms with Crippen LogP contribution in [0.1, 0.15) is 24.9 Å². The Morgan fingerprint density at radius 1 is 1.24 bits per heavy atom. The van der Waals surface area contributed by atoms with Crippen LogP contribution in [0, 0.1) is 0 Å². The van der Waals surface area contributed by atoms with Crippen molar-refractivity contribution in [1.82, 2.24) is 10.2 Å². The second kappa shape index (κ2) is 10.0. The van der Waals surface area contributed by atoms with Crippen molar-refractivity contribution >= 4 is 23.2 Å². The Labute approximate surface area is 138 Å². The van der Waals surface area contributed by atoms with Crippen LogP contribution >= 0.6 is 23.2 Å². The molecular weight excluding hydrogens is 303 g/mol. The van der Waals surface area contributed by atoms with Gasteiger partial charge in [0.05, 0.1) is 10.0 Å². The average molecular weight is 327 g/mol. The maximum atomic E-state index is 6.34. The molecule has 0 aliphatic rings. The number of nitrogens with zero attached hydrogens (tertiary/aromatic N) is 1. The molecule has 1 rings (SSSR count). The van der Waals surface area contributed by atoms with Crippen LogP contribution in [-0.4, -0.2) is 31.1 Å². The monoisotopic (exact) mass is 326 g/mol. The summed E-state index contributed by atoms with van der Waals surface area (Å²) in [6, 6.07) is 5.99.